The van der Waals surface area contributed by atoms with Gasteiger partial charge in [0.2, 0.25) is 0 Å². The van der Waals surface area contributed by atoms with Gasteiger partial charge in [0.25, 0.3) is 0 Å². The molecule has 37 heavy (non-hydrogen) atoms. The summed E-state index contributed by atoms with van der Waals surface area (Å²) in [5, 5.41) is 0. The van der Waals surface area contributed by atoms with Crippen molar-refractivity contribution in [2.24, 2.45) is 11.8 Å². The number of benzene rings is 2. The minimum absolute atomic E-state index is 0.00704. The number of nitrogen functional groups attached to an aromatic ring is 2. The van der Waals surface area contributed by atoms with E-state index in [0.717, 1.165) is 42.7 Å². The fourth-order valence-corrected chi connectivity index (χ4v) is 4.90. The topological polar surface area (TPSA) is 105 Å². The van der Waals surface area contributed by atoms with Crippen molar-refractivity contribution in [3.05, 3.63) is 59.7 Å². The summed E-state index contributed by atoms with van der Waals surface area (Å²) in [6.07, 6.45) is 13.7. The first-order chi connectivity index (χ1) is 17.8. The van der Waals surface area contributed by atoms with Crippen LogP contribution >= 0.6 is 0 Å². The van der Waals surface area contributed by atoms with Gasteiger partial charge in [0.05, 0.1) is 12.5 Å². The summed E-state index contributed by atoms with van der Waals surface area (Å²) >= 11 is 0. The van der Waals surface area contributed by atoms with Gasteiger partial charge in [-0.2, -0.15) is 0 Å². The predicted molar refractivity (Wildman–Crippen MR) is 150 cm³/mol. The van der Waals surface area contributed by atoms with E-state index >= 15 is 0 Å². The molecule has 0 saturated heterocycles. The number of rotatable bonds is 12. The zero-order valence-electron chi connectivity index (χ0n) is 22.3. The highest BCUT2D eigenvalue weighted by atomic mass is 16.5. The molecule has 1 fully saturated rings. The molecule has 3 rings (SSSR count). The molecule has 1 aliphatic carbocycles. The largest absolute Gasteiger partial charge is 0.462 e. The number of ether oxygens (including phenoxy) is 2. The molecule has 0 aromatic heterocycles. The second kappa shape index (κ2) is 14.5. The van der Waals surface area contributed by atoms with E-state index in [2.05, 4.69) is 6.92 Å². The maximum atomic E-state index is 12.6. The normalized spacial score (nSPS) is 18.4. The first-order valence-electron chi connectivity index (χ1n) is 13.7. The van der Waals surface area contributed by atoms with Crippen LogP contribution in [0.2, 0.25) is 0 Å². The van der Waals surface area contributed by atoms with Crippen molar-refractivity contribution in [2.45, 2.75) is 77.6 Å². The van der Waals surface area contributed by atoms with Crippen LogP contribution in [0.15, 0.2) is 48.5 Å². The van der Waals surface area contributed by atoms with Crippen molar-refractivity contribution in [1.82, 2.24) is 0 Å². The third-order valence-corrected chi connectivity index (χ3v) is 7.20. The lowest BCUT2D eigenvalue weighted by Crippen LogP contribution is -2.25. The molecule has 0 radical (unpaired) electrons. The number of unbranched alkanes of at least 4 members (excludes halogenated alkanes) is 3. The average Bonchev–Trinajstić information content (AvgIpc) is 2.89. The molecule has 0 heterocycles. The van der Waals surface area contributed by atoms with E-state index in [-0.39, 0.29) is 24.4 Å². The van der Waals surface area contributed by atoms with Crippen LogP contribution < -0.4 is 16.2 Å². The number of carbonyl (C=O) groups excluding carboxylic acids is 2. The summed E-state index contributed by atoms with van der Waals surface area (Å²) in [6, 6.07) is 12.5. The summed E-state index contributed by atoms with van der Waals surface area (Å²) in [7, 11) is 0. The molecule has 1 atom stereocenters. The number of nitrogens with two attached hydrogens (primary N) is 2. The molecule has 200 valence electrons. The van der Waals surface area contributed by atoms with Crippen LogP contribution in [-0.4, -0.2) is 18.5 Å². The molecule has 6 nitrogen and oxygen atoms in total. The Morgan fingerprint density at radius 1 is 0.973 bits per heavy atom. The standard InChI is InChI=1S/C31H42N2O4/c1-3-4-5-6-7-23-8-13-25(14-9-23)31(35)37-29-15-10-24(11-16-29)12-17-30(34)36-21-22(2)26-18-27(32)20-28(33)19-26/h10-12,15-20,22-23,25H,3-9,13-14,21,32-33H2,1-2H3/b17-12+. The highest BCUT2D eigenvalue weighted by Crippen LogP contribution is 2.33. The molecule has 2 aromatic rings. The van der Waals surface area contributed by atoms with Gasteiger partial charge in [-0.15, -0.1) is 0 Å². The first-order valence-corrected chi connectivity index (χ1v) is 13.7. The van der Waals surface area contributed by atoms with E-state index in [1.165, 1.54) is 38.2 Å². The summed E-state index contributed by atoms with van der Waals surface area (Å²) in [4.78, 5) is 24.8. The quantitative estimate of drug-likeness (QED) is 0.107. The van der Waals surface area contributed by atoms with E-state index in [0.29, 0.717) is 17.1 Å². The van der Waals surface area contributed by atoms with Gasteiger partial charge < -0.3 is 20.9 Å². The van der Waals surface area contributed by atoms with Crippen molar-refractivity contribution >= 4 is 29.4 Å². The van der Waals surface area contributed by atoms with Crippen molar-refractivity contribution in [3.63, 3.8) is 0 Å². The van der Waals surface area contributed by atoms with Crippen LogP contribution in [0.1, 0.15) is 88.7 Å². The molecule has 0 bridgehead atoms. The van der Waals surface area contributed by atoms with E-state index in [9.17, 15) is 9.59 Å². The third-order valence-electron chi connectivity index (χ3n) is 7.20. The Bertz CT molecular complexity index is 1020. The van der Waals surface area contributed by atoms with Gasteiger partial charge in [0, 0.05) is 23.4 Å². The zero-order valence-corrected chi connectivity index (χ0v) is 22.3. The van der Waals surface area contributed by atoms with Gasteiger partial charge in [-0.1, -0.05) is 58.1 Å². The van der Waals surface area contributed by atoms with Gasteiger partial charge in [-0.25, -0.2) is 4.79 Å². The highest BCUT2D eigenvalue weighted by molar-refractivity contribution is 5.87. The summed E-state index contributed by atoms with van der Waals surface area (Å²) in [5.74, 6) is 0.692. The van der Waals surface area contributed by atoms with Crippen molar-refractivity contribution < 1.29 is 19.1 Å². The average molecular weight is 507 g/mol. The van der Waals surface area contributed by atoms with E-state index in [1.807, 2.05) is 31.2 Å². The van der Waals surface area contributed by atoms with Crippen molar-refractivity contribution in [1.29, 1.82) is 0 Å². The smallest absolute Gasteiger partial charge is 0.330 e. The molecular formula is C31H42N2O4. The van der Waals surface area contributed by atoms with Crippen molar-refractivity contribution in [3.8, 4) is 5.75 Å². The molecule has 1 aliphatic rings. The van der Waals surface area contributed by atoms with Gasteiger partial charge in [0.15, 0.2) is 0 Å². The molecule has 1 saturated carbocycles. The van der Waals surface area contributed by atoms with Crippen LogP contribution in [0.25, 0.3) is 6.08 Å². The van der Waals surface area contributed by atoms with Crippen LogP contribution in [0, 0.1) is 11.8 Å². The lowest BCUT2D eigenvalue weighted by Gasteiger charge is -2.27. The predicted octanol–water partition coefficient (Wildman–Crippen LogP) is 6.89. The summed E-state index contributed by atoms with van der Waals surface area (Å²) in [6.45, 7) is 4.41. The SMILES string of the molecule is CCCCCCC1CCC(C(=O)Oc2ccc(/C=C/C(=O)OCC(C)c3cc(N)cc(N)c3)cc2)CC1. The van der Waals surface area contributed by atoms with Crippen LogP contribution in [0.4, 0.5) is 11.4 Å². The fourth-order valence-electron chi connectivity index (χ4n) is 4.90. The molecule has 0 aliphatic heterocycles. The number of anilines is 2. The Hall–Kier alpha value is -3.28. The molecule has 4 N–H and O–H groups in total. The Morgan fingerprint density at radius 3 is 2.30 bits per heavy atom. The molecule has 6 heteroatoms. The molecule has 0 amide bonds. The summed E-state index contributed by atoms with van der Waals surface area (Å²) < 4.78 is 11.0. The molecule has 1 unspecified atom stereocenters. The Labute approximate surface area is 221 Å². The Morgan fingerprint density at radius 2 is 1.65 bits per heavy atom. The molecule has 0 spiro atoms. The third kappa shape index (κ3) is 9.60. The van der Waals surface area contributed by atoms with Crippen LogP contribution in [0.5, 0.6) is 5.75 Å². The Balaban J connectivity index is 1.39. The Kier molecular flexibility index (Phi) is 11.1. The maximum Gasteiger partial charge on any atom is 0.330 e. The van der Waals surface area contributed by atoms with E-state index in [1.54, 1.807) is 24.3 Å². The fraction of sp³-hybridized carbons (Fsp3) is 0.484. The second-order valence-corrected chi connectivity index (χ2v) is 10.4. The molecule has 2 aromatic carbocycles. The van der Waals surface area contributed by atoms with E-state index < -0.39 is 5.97 Å². The van der Waals surface area contributed by atoms with Crippen LogP contribution in [0.3, 0.4) is 0 Å². The van der Waals surface area contributed by atoms with Gasteiger partial charge in [-0.05, 0) is 79.1 Å². The number of esters is 2. The maximum absolute atomic E-state index is 12.6. The lowest BCUT2D eigenvalue weighted by molar-refractivity contribution is -0.140. The number of carbonyl (C=O) groups is 2. The second-order valence-electron chi connectivity index (χ2n) is 10.4. The highest BCUT2D eigenvalue weighted by Gasteiger charge is 2.27. The lowest BCUT2D eigenvalue weighted by atomic mass is 9.80. The van der Waals surface area contributed by atoms with Crippen LogP contribution in [-0.2, 0) is 14.3 Å². The van der Waals surface area contributed by atoms with Gasteiger partial charge in [-0.3, -0.25) is 4.79 Å². The number of hydrogen-bond donors (Lipinski definition) is 2. The summed E-state index contributed by atoms with van der Waals surface area (Å²) in [5.41, 5.74) is 14.6. The van der Waals surface area contributed by atoms with Crippen molar-refractivity contribution in [2.75, 3.05) is 18.1 Å². The van der Waals surface area contributed by atoms with Gasteiger partial charge >= 0.3 is 11.9 Å². The molecular weight excluding hydrogens is 464 g/mol. The van der Waals surface area contributed by atoms with Gasteiger partial charge in [0.1, 0.15) is 5.75 Å². The monoisotopic (exact) mass is 506 g/mol. The zero-order chi connectivity index (χ0) is 26.6. The first kappa shape index (κ1) is 28.3. The van der Waals surface area contributed by atoms with E-state index in [4.69, 9.17) is 20.9 Å². The minimum atomic E-state index is -0.430. The minimum Gasteiger partial charge on any atom is -0.462 e. The number of hydrogen-bond acceptors (Lipinski definition) is 6.